The number of carbonyl (C=O) groups is 2. The van der Waals surface area contributed by atoms with Crippen molar-refractivity contribution in [2.45, 2.75) is 35.4 Å². The number of nitrogens with one attached hydrogen (secondary N) is 2. The molecule has 0 aromatic heterocycles. The van der Waals surface area contributed by atoms with Crippen molar-refractivity contribution in [1.82, 2.24) is 5.32 Å². The van der Waals surface area contributed by atoms with Crippen LogP contribution in [0.5, 0.6) is 0 Å². The summed E-state index contributed by atoms with van der Waals surface area (Å²) in [7, 11) is 0. The number of hydrogen-bond acceptors (Lipinski definition) is 3. The van der Waals surface area contributed by atoms with E-state index in [1.807, 2.05) is 24.3 Å². The third-order valence-corrected chi connectivity index (χ3v) is 4.58. The third-order valence-electron chi connectivity index (χ3n) is 3.23. The number of amides is 2. The molecule has 2 amide bonds. The van der Waals surface area contributed by atoms with Crippen LogP contribution in [0.25, 0.3) is 0 Å². The Morgan fingerprint density at radius 3 is 2.89 bits per heavy atom. The fraction of sp³-hybridized carbons (Fsp3) is 0.385. The van der Waals surface area contributed by atoms with E-state index in [1.165, 1.54) is 11.8 Å². The van der Waals surface area contributed by atoms with Crippen LogP contribution < -0.4 is 10.6 Å². The number of anilines is 1. The van der Waals surface area contributed by atoms with E-state index in [-0.39, 0.29) is 17.9 Å². The Labute approximate surface area is 110 Å². The maximum atomic E-state index is 12.2. The van der Waals surface area contributed by atoms with Crippen molar-refractivity contribution < 1.29 is 9.59 Å². The lowest BCUT2D eigenvalue weighted by atomic mass is 10.1. The maximum absolute atomic E-state index is 12.2. The normalized spacial score (nSPS) is 26.2. The van der Waals surface area contributed by atoms with Gasteiger partial charge in [0.1, 0.15) is 0 Å². The van der Waals surface area contributed by atoms with Gasteiger partial charge in [0.2, 0.25) is 11.8 Å². The molecular formula is C13H14N2O2S. The maximum Gasteiger partial charge on any atom is 0.250 e. The van der Waals surface area contributed by atoms with Gasteiger partial charge < -0.3 is 10.6 Å². The predicted octanol–water partition coefficient (Wildman–Crippen LogP) is 1.77. The molecule has 2 aliphatic rings. The summed E-state index contributed by atoms with van der Waals surface area (Å²) in [6, 6.07) is 7.80. The van der Waals surface area contributed by atoms with Crippen molar-refractivity contribution in [2.75, 3.05) is 5.32 Å². The van der Waals surface area contributed by atoms with Gasteiger partial charge in [-0.2, -0.15) is 0 Å². The zero-order valence-electron chi connectivity index (χ0n) is 10.0. The second-order valence-electron chi connectivity index (χ2n) is 4.83. The molecule has 3 rings (SSSR count). The molecule has 2 N–H and O–H groups in total. The highest BCUT2D eigenvalue weighted by Crippen LogP contribution is 2.42. The van der Waals surface area contributed by atoms with Crippen molar-refractivity contribution in [2.24, 2.45) is 0 Å². The van der Waals surface area contributed by atoms with Gasteiger partial charge in [-0.1, -0.05) is 23.9 Å². The van der Waals surface area contributed by atoms with E-state index in [2.05, 4.69) is 10.6 Å². The zero-order valence-corrected chi connectivity index (χ0v) is 10.8. The number of thioether (sulfide) groups is 1. The summed E-state index contributed by atoms with van der Waals surface area (Å²) in [5.41, 5.74) is 0.782. The summed E-state index contributed by atoms with van der Waals surface area (Å²) in [5, 5.41) is 5.71. The number of rotatable bonds is 2. The van der Waals surface area contributed by atoms with Crippen molar-refractivity contribution in [3.8, 4) is 0 Å². The summed E-state index contributed by atoms with van der Waals surface area (Å²) < 4.78 is -1.07. The van der Waals surface area contributed by atoms with Gasteiger partial charge in [0, 0.05) is 10.9 Å². The van der Waals surface area contributed by atoms with Crippen LogP contribution in [0, 0.1) is 0 Å². The monoisotopic (exact) mass is 262 g/mol. The Morgan fingerprint density at radius 2 is 2.17 bits per heavy atom. The standard InChI is InChI=1S/C13H14N2O2S/c1-13(11(16)14-8-6-7-8)12(17)15-9-4-2-3-5-10(9)18-13/h2-5,8H,6-7H2,1H3,(H,14,16)(H,15,17)/t13-/m0/s1. The average molecular weight is 262 g/mol. The Bertz CT molecular complexity index is 527. The molecule has 1 fully saturated rings. The second kappa shape index (κ2) is 4.02. The largest absolute Gasteiger partial charge is 0.352 e. The fourth-order valence-corrected chi connectivity index (χ4v) is 2.98. The molecule has 0 saturated heterocycles. The van der Waals surface area contributed by atoms with Crippen LogP contribution in [0.15, 0.2) is 29.2 Å². The first-order valence-corrected chi connectivity index (χ1v) is 6.82. The summed E-state index contributed by atoms with van der Waals surface area (Å²) >= 11 is 1.32. The average Bonchev–Trinajstić information content (AvgIpc) is 3.14. The molecule has 4 nitrogen and oxygen atoms in total. The first kappa shape index (κ1) is 11.6. The summed E-state index contributed by atoms with van der Waals surface area (Å²) in [5.74, 6) is -0.439. The molecule has 18 heavy (non-hydrogen) atoms. The number of para-hydroxylation sites is 1. The molecule has 1 aromatic rings. The zero-order chi connectivity index (χ0) is 12.8. The van der Waals surface area contributed by atoms with E-state index in [0.717, 1.165) is 23.4 Å². The van der Waals surface area contributed by atoms with Crippen molar-refractivity contribution in [3.05, 3.63) is 24.3 Å². The number of benzene rings is 1. The topological polar surface area (TPSA) is 58.2 Å². The predicted molar refractivity (Wildman–Crippen MR) is 70.5 cm³/mol. The van der Waals surface area contributed by atoms with Crippen LogP contribution in [-0.2, 0) is 9.59 Å². The second-order valence-corrected chi connectivity index (χ2v) is 6.29. The van der Waals surface area contributed by atoms with E-state index in [1.54, 1.807) is 6.92 Å². The van der Waals surface area contributed by atoms with Crippen molar-refractivity contribution in [3.63, 3.8) is 0 Å². The Hall–Kier alpha value is -1.49. The van der Waals surface area contributed by atoms with Gasteiger partial charge in [0.25, 0.3) is 0 Å². The van der Waals surface area contributed by atoms with Crippen LogP contribution in [0.4, 0.5) is 5.69 Å². The van der Waals surface area contributed by atoms with Crippen molar-refractivity contribution in [1.29, 1.82) is 0 Å². The highest BCUT2D eigenvalue weighted by molar-refractivity contribution is 8.02. The van der Waals surface area contributed by atoms with Crippen LogP contribution in [0.1, 0.15) is 19.8 Å². The van der Waals surface area contributed by atoms with E-state index in [9.17, 15) is 9.59 Å². The summed E-state index contributed by atoms with van der Waals surface area (Å²) in [4.78, 5) is 25.3. The number of fused-ring (bicyclic) bond motifs is 1. The molecule has 94 valence electrons. The van der Waals surface area contributed by atoms with Crippen LogP contribution >= 0.6 is 11.8 Å². The molecule has 0 spiro atoms. The lowest BCUT2D eigenvalue weighted by Crippen LogP contribution is -2.52. The minimum Gasteiger partial charge on any atom is -0.352 e. The van der Waals surface area contributed by atoms with Crippen LogP contribution in [-0.4, -0.2) is 22.6 Å². The minimum atomic E-state index is -1.07. The van der Waals surface area contributed by atoms with Gasteiger partial charge >= 0.3 is 0 Å². The van der Waals surface area contributed by atoms with Gasteiger partial charge in [-0.05, 0) is 31.9 Å². The number of hydrogen-bond donors (Lipinski definition) is 2. The Kier molecular flexibility index (Phi) is 2.59. The minimum absolute atomic E-state index is 0.193. The molecule has 1 heterocycles. The third kappa shape index (κ3) is 1.88. The molecule has 1 aromatic carbocycles. The lowest BCUT2D eigenvalue weighted by Gasteiger charge is -2.31. The molecule has 0 radical (unpaired) electrons. The molecule has 5 heteroatoms. The molecule has 1 saturated carbocycles. The first-order chi connectivity index (χ1) is 8.59. The highest BCUT2D eigenvalue weighted by atomic mass is 32.2. The van der Waals surface area contributed by atoms with Gasteiger partial charge in [-0.3, -0.25) is 9.59 Å². The van der Waals surface area contributed by atoms with E-state index in [4.69, 9.17) is 0 Å². The molecule has 1 atom stereocenters. The quantitative estimate of drug-likeness (QED) is 0.799. The molecule has 0 unspecified atom stereocenters. The van der Waals surface area contributed by atoms with Crippen LogP contribution in [0.2, 0.25) is 0 Å². The molecule has 1 aliphatic heterocycles. The van der Waals surface area contributed by atoms with Gasteiger partial charge in [-0.25, -0.2) is 0 Å². The van der Waals surface area contributed by atoms with E-state index in [0.29, 0.717) is 0 Å². The first-order valence-electron chi connectivity index (χ1n) is 6.00. The Balaban J connectivity index is 1.88. The van der Waals surface area contributed by atoms with E-state index < -0.39 is 4.75 Å². The lowest BCUT2D eigenvalue weighted by molar-refractivity contribution is -0.130. The number of carbonyl (C=O) groups excluding carboxylic acids is 2. The van der Waals surface area contributed by atoms with Crippen LogP contribution in [0.3, 0.4) is 0 Å². The molecular weight excluding hydrogens is 248 g/mol. The van der Waals surface area contributed by atoms with Gasteiger partial charge in [-0.15, -0.1) is 0 Å². The SMILES string of the molecule is C[C@@]1(C(=O)NC2CC2)Sc2ccccc2NC1=O. The summed E-state index contributed by atoms with van der Waals surface area (Å²) in [6.45, 7) is 1.68. The highest BCUT2D eigenvalue weighted by Gasteiger charge is 2.46. The fourth-order valence-electron chi connectivity index (χ4n) is 1.87. The Morgan fingerprint density at radius 1 is 1.44 bits per heavy atom. The van der Waals surface area contributed by atoms with Crippen molar-refractivity contribution >= 4 is 29.3 Å². The smallest absolute Gasteiger partial charge is 0.250 e. The van der Waals surface area contributed by atoms with E-state index >= 15 is 0 Å². The molecule has 1 aliphatic carbocycles. The molecule has 0 bridgehead atoms. The van der Waals surface area contributed by atoms with Gasteiger partial charge in [0.15, 0.2) is 4.75 Å². The summed E-state index contributed by atoms with van der Waals surface area (Å²) in [6.07, 6.45) is 2.04. The van der Waals surface area contributed by atoms with Gasteiger partial charge in [0.05, 0.1) is 5.69 Å².